The molecule has 0 fully saturated rings. The van der Waals surface area contributed by atoms with Crippen LogP contribution in [-0.2, 0) is 5.41 Å². The van der Waals surface area contributed by atoms with Crippen LogP contribution in [-0.4, -0.2) is 0 Å². The van der Waals surface area contributed by atoms with Crippen molar-refractivity contribution in [3.05, 3.63) is 228 Å². The lowest BCUT2D eigenvalue weighted by molar-refractivity contribution is 0.769. The van der Waals surface area contributed by atoms with Crippen LogP contribution in [0.4, 0.5) is 0 Å². The predicted octanol–water partition coefficient (Wildman–Crippen LogP) is 12.5. The molecule has 0 radical (unpaired) electrons. The summed E-state index contributed by atoms with van der Waals surface area (Å²) in [4.78, 5) is 0. The second-order valence-electron chi connectivity index (χ2n) is 13.5. The fourth-order valence-electron chi connectivity index (χ4n) is 8.29. The minimum Gasteiger partial charge on any atom is -0.192 e. The maximum atomic E-state index is 10.6. The maximum Gasteiger partial charge on any atom is 0.100 e. The second kappa shape index (κ2) is 13.1. The maximum absolute atomic E-state index is 10.6. The van der Waals surface area contributed by atoms with Gasteiger partial charge in [-0.25, -0.2) is 0 Å². The lowest BCUT2D eigenvalue weighted by atomic mass is 9.67. The Kier molecular flexibility index (Phi) is 7.85. The standard InChI is InChI=1S/C51H32N2/c52-33-39-19-13-14-24-43(39)38-26-28-45-44-27-25-37(31-49(44)51(50(45)32-38,41-20-9-3-10-21-41)42-22-11-4-12-23-42)40-29-46(35-15-5-1-6-16-35)48(34-53)47(30-40)36-17-7-2-8-18-36/h1-32H. The lowest BCUT2D eigenvalue weighted by Crippen LogP contribution is -2.28. The normalized spacial score (nSPS) is 12.3. The Morgan fingerprint density at radius 3 is 1.28 bits per heavy atom. The van der Waals surface area contributed by atoms with Gasteiger partial charge in [0.05, 0.1) is 22.6 Å². The summed E-state index contributed by atoms with van der Waals surface area (Å²) in [6.07, 6.45) is 0. The van der Waals surface area contributed by atoms with E-state index in [1.165, 1.54) is 33.4 Å². The first kappa shape index (κ1) is 31.7. The first-order valence-electron chi connectivity index (χ1n) is 17.8. The molecule has 53 heavy (non-hydrogen) atoms. The summed E-state index contributed by atoms with van der Waals surface area (Å²) in [5.74, 6) is 0. The molecule has 0 saturated carbocycles. The van der Waals surface area contributed by atoms with Gasteiger partial charge in [-0.1, -0.05) is 164 Å². The average Bonchev–Trinajstić information content (AvgIpc) is 3.54. The van der Waals surface area contributed by atoms with Gasteiger partial charge in [-0.15, -0.1) is 0 Å². The second-order valence-corrected chi connectivity index (χ2v) is 13.5. The van der Waals surface area contributed by atoms with Crippen molar-refractivity contribution in [3.63, 3.8) is 0 Å². The molecule has 0 N–H and O–H groups in total. The number of benzene rings is 8. The highest BCUT2D eigenvalue weighted by atomic mass is 14.5. The number of nitriles is 2. The number of hydrogen-bond acceptors (Lipinski definition) is 2. The molecule has 0 heterocycles. The van der Waals surface area contributed by atoms with Crippen molar-refractivity contribution in [2.75, 3.05) is 0 Å². The van der Waals surface area contributed by atoms with Gasteiger partial charge in [0.25, 0.3) is 0 Å². The van der Waals surface area contributed by atoms with Gasteiger partial charge >= 0.3 is 0 Å². The minimum absolute atomic E-state index is 0.641. The van der Waals surface area contributed by atoms with Crippen molar-refractivity contribution in [2.24, 2.45) is 0 Å². The van der Waals surface area contributed by atoms with Crippen molar-refractivity contribution in [2.45, 2.75) is 5.41 Å². The fourth-order valence-corrected chi connectivity index (χ4v) is 8.29. The summed E-state index contributed by atoms with van der Waals surface area (Å²) in [5, 5.41) is 20.7. The van der Waals surface area contributed by atoms with Gasteiger partial charge in [0, 0.05) is 11.1 Å². The average molecular weight is 673 g/mol. The number of rotatable bonds is 6. The van der Waals surface area contributed by atoms with Crippen molar-refractivity contribution < 1.29 is 0 Å². The summed E-state index contributed by atoms with van der Waals surface area (Å²) in [5.41, 5.74) is 15.6. The highest BCUT2D eigenvalue weighted by Gasteiger charge is 2.46. The van der Waals surface area contributed by atoms with Crippen LogP contribution in [0.5, 0.6) is 0 Å². The third-order valence-corrected chi connectivity index (χ3v) is 10.7. The summed E-state index contributed by atoms with van der Waals surface area (Å²) in [6, 6.07) is 72.6. The molecule has 2 nitrogen and oxygen atoms in total. The zero-order chi connectivity index (χ0) is 35.8. The number of fused-ring (bicyclic) bond motifs is 3. The summed E-state index contributed by atoms with van der Waals surface area (Å²) in [6.45, 7) is 0. The van der Waals surface area contributed by atoms with Gasteiger partial charge in [0.2, 0.25) is 0 Å². The van der Waals surface area contributed by atoms with Crippen LogP contribution in [0.2, 0.25) is 0 Å². The van der Waals surface area contributed by atoms with Gasteiger partial charge in [-0.3, -0.25) is 0 Å². The van der Waals surface area contributed by atoms with Crippen molar-refractivity contribution >= 4 is 0 Å². The monoisotopic (exact) mass is 672 g/mol. The number of nitrogens with zero attached hydrogens (tertiary/aromatic N) is 2. The molecule has 0 spiro atoms. The Morgan fingerprint density at radius 1 is 0.321 bits per heavy atom. The molecule has 0 aliphatic heterocycles. The molecular weight excluding hydrogens is 641 g/mol. The first-order valence-corrected chi connectivity index (χ1v) is 17.8. The SMILES string of the molecule is N#Cc1ccccc1-c1ccc2c(c1)C(c1ccccc1)(c1ccccc1)c1cc(-c3cc(-c4ccccc4)c(C#N)c(-c4ccccc4)c3)ccc1-2. The van der Waals surface area contributed by atoms with E-state index in [9.17, 15) is 10.5 Å². The molecule has 1 aliphatic carbocycles. The fraction of sp³-hybridized carbons (Fsp3) is 0.0196. The van der Waals surface area contributed by atoms with Gasteiger partial charge in [0.1, 0.15) is 6.07 Å². The van der Waals surface area contributed by atoms with Gasteiger partial charge in [-0.2, -0.15) is 10.5 Å². The molecule has 0 amide bonds. The van der Waals surface area contributed by atoms with Gasteiger partial charge in [-0.05, 0) is 97.1 Å². The molecule has 0 aromatic heterocycles. The third kappa shape index (κ3) is 5.17. The van der Waals surface area contributed by atoms with E-state index in [1.54, 1.807) is 0 Å². The molecule has 1 aliphatic rings. The van der Waals surface area contributed by atoms with Gasteiger partial charge in [0.15, 0.2) is 0 Å². The molecule has 9 rings (SSSR count). The topological polar surface area (TPSA) is 47.6 Å². The molecule has 8 aromatic carbocycles. The largest absolute Gasteiger partial charge is 0.192 e. The van der Waals surface area contributed by atoms with Crippen LogP contribution >= 0.6 is 0 Å². The Morgan fingerprint density at radius 2 is 0.774 bits per heavy atom. The molecule has 2 heteroatoms. The quantitative estimate of drug-likeness (QED) is 0.176. The summed E-state index contributed by atoms with van der Waals surface area (Å²) < 4.78 is 0. The van der Waals surface area contributed by atoms with E-state index in [0.29, 0.717) is 11.1 Å². The number of hydrogen-bond donors (Lipinski definition) is 0. The van der Waals surface area contributed by atoms with Crippen LogP contribution in [0.3, 0.4) is 0 Å². The van der Waals surface area contributed by atoms with E-state index in [4.69, 9.17) is 0 Å². The smallest absolute Gasteiger partial charge is 0.100 e. The van der Waals surface area contributed by atoms with E-state index < -0.39 is 5.41 Å². The predicted molar refractivity (Wildman–Crippen MR) is 215 cm³/mol. The summed E-state index contributed by atoms with van der Waals surface area (Å²) >= 11 is 0. The van der Waals surface area contributed by atoms with E-state index in [2.05, 4.69) is 146 Å². The van der Waals surface area contributed by atoms with Crippen LogP contribution in [0.1, 0.15) is 33.4 Å². The molecule has 0 unspecified atom stereocenters. The highest BCUT2D eigenvalue weighted by Crippen LogP contribution is 2.57. The van der Waals surface area contributed by atoms with Crippen LogP contribution in [0.15, 0.2) is 194 Å². The van der Waals surface area contributed by atoms with E-state index in [1.807, 2.05) is 60.7 Å². The van der Waals surface area contributed by atoms with Crippen LogP contribution < -0.4 is 0 Å². The molecule has 0 atom stereocenters. The Hall–Kier alpha value is -7.26. The van der Waals surface area contributed by atoms with E-state index in [0.717, 1.165) is 44.5 Å². The van der Waals surface area contributed by atoms with Crippen molar-refractivity contribution in [1.29, 1.82) is 10.5 Å². The summed E-state index contributed by atoms with van der Waals surface area (Å²) in [7, 11) is 0. The lowest BCUT2D eigenvalue weighted by Gasteiger charge is -2.34. The molecule has 0 bridgehead atoms. The molecular formula is C51H32N2. The zero-order valence-corrected chi connectivity index (χ0v) is 28.9. The molecule has 246 valence electrons. The Bertz CT molecular complexity index is 2620. The van der Waals surface area contributed by atoms with E-state index in [-0.39, 0.29) is 0 Å². The zero-order valence-electron chi connectivity index (χ0n) is 28.9. The first-order chi connectivity index (χ1) is 26.2. The van der Waals surface area contributed by atoms with Crippen molar-refractivity contribution in [1.82, 2.24) is 0 Å². The third-order valence-electron chi connectivity index (χ3n) is 10.7. The molecule has 0 saturated heterocycles. The van der Waals surface area contributed by atoms with Crippen molar-refractivity contribution in [3.8, 4) is 67.8 Å². The van der Waals surface area contributed by atoms with Crippen LogP contribution in [0.25, 0.3) is 55.6 Å². The van der Waals surface area contributed by atoms with Crippen LogP contribution in [0, 0.1) is 22.7 Å². The van der Waals surface area contributed by atoms with E-state index >= 15 is 0 Å². The van der Waals surface area contributed by atoms with Gasteiger partial charge < -0.3 is 0 Å². The Balaban J connectivity index is 1.34. The Labute approximate surface area is 310 Å². The highest BCUT2D eigenvalue weighted by molar-refractivity contribution is 5.92. The molecule has 8 aromatic rings. The minimum atomic E-state index is -0.641.